The standard InChI is InChI=1S/C12H18FNO/c1-10(14-8-5-9-15-2)11-6-3-4-7-12(11)13/h3-4,6-7,10,14H,5,8-9H2,1-2H3/t10-/m1/s1. The van der Waals surface area contributed by atoms with Crippen LogP contribution in [0.4, 0.5) is 4.39 Å². The molecule has 84 valence electrons. The molecule has 0 saturated heterocycles. The molecule has 0 fully saturated rings. The predicted octanol–water partition coefficient (Wildman–Crippen LogP) is 2.51. The second-order valence-electron chi connectivity index (χ2n) is 3.54. The summed E-state index contributed by atoms with van der Waals surface area (Å²) in [7, 11) is 1.68. The molecule has 0 aliphatic rings. The lowest BCUT2D eigenvalue weighted by Gasteiger charge is -2.14. The van der Waals surface area contributed by atoms with E-state index in [0.717, 1.165) is 25.1 Å². The third kappa shape index (κ3) is 3.98. The normalized spacial score (nSPS) is 12.7. The number of hydrogen-bond acceptors (Lipinski definition) is 2. The molecule has 0 unspecified atom stereocenters. The highest BCUT2D eigenvalue weighted by atomic mass is 19.1. The number of benzene rings is 1. The van der Waals surface area contributed by atoms with Gasteiger partial charge >= 0.3 is 0 Å². The number of methoxy groups -OCH3 is 1. The SMILES string of the molecule is COCCCN[C@H](C)c1ccccc1F. The fourth-order valence-corrected chi connectivity index (χ4v) is 1.47. The zero-order chi connectivity index (χ0) is 11.1. The first-order chi connectivity index (χ1) is 7.25. The van der Waals surface area contributed by atoms with Crippen LogP contribution in [0.5, 0.6) is 0 Å². The molecule has 0 spiro atoms. The van der Waals surface area contributed by atoms with Crippen LogP contribution < -0.4 is 5.32 Å². The molecule has 0 bridgehead atoms. The Balaban J connectivity index is 2.40. The molecule has 0 aliphatic heterocycles. The van der Waals surface area contributed by atoms with Crippen molar-refractivity contribution in [1.82, 2.24) is 5.32 Å². The van der Waals surface area contributed by atoms with E-state index in [4.69, 9.17) is 4.74 Å². The van der Waals surface area contributed by atoms with Gasteiger partial charge in [-0.1, -0.05) is 18.2 Å². The maximum atomic E-state index is 13.4. The molecule has 1 aromatic rings. The summed E-state index contributed by atoms with van der Waals surface area (Å²) in [5.74, 6) is -0.149. The van der Waals surface area contributed by atoms with E-state index in [1.165, 1.54) is 6.07 Å². The Morgan fingerprint density at radius 3 is 2.80 bits per heavy atom. The number of nitrogens with one attached hydrogen (secondary N) is 1. The van der Waals surface area contributed by atoms with Crippen molar-refractivity contribution < 1.29 is 9.13 Å². The highest BCUT2D eigenvalue weighted by Crippen LogP contribution is 2.15. The number of ether oxygens (including phenoxy) is 1. The minimum Gasteiger partial charge on any atom is -0.385 e. The fraction of sp³-hybridized carbons (Fsp3) is 0.500. The van der Waals surface area contributed by atoms with Gasteiger partial charge in [0.25, 0.3) is 0 Å². The van der Waals surface area contributed by atoms with Gasteiger partial charge in [0.1, 0.15) is 5.82 Å². The van der Waals surface area contributed by atoms with Crippen LogP contribution in [0.3, 0.4) is 0 Å². The Kier molecular flexibility index (Phi) is 5.29. The molecule has 1 aromatic carbocycles. The zero-order valence-electron chi connectivity index (χ0n) is 9.29. The van der Waals surface area contributed by atoms with Crippen molar-refractivity contribution in [2.75, 3.05) is 20.3 Å². The Bertz CT molecular complexity index is 291. The summed E-state index contributed by atoms with van der Waals surface area (Å²) in [6, 6.07) is 6.90. The quantitative estimate of drug-likeness (QED) is 0.730. The van der Waals surface area contributed by atoms with Gasteiger partial charge in [-0.05, 0) is 26.0 Å². The molecule has 2 nitrogen and oxygen atoms in total. The molecule has 0 amide bonds. The summed E-state index contributed by atoms with van der Waals surface area (Å²) in [5, 5.41) is 3.25. The lowest BCUT2D eigenvalue weighted by atomic mass is 10.1. The van der Waals surface area contributed by atoms with Crippen molar-refractivity contribution in [2.24, 2.45) is 0 Å². The monoisotopic (exact) mass is 211 g/mol. The molecule has 3 heteroatoms. The van der Waals surface area contributed by atoms with Gasteiger partial charge in [0.05, 0.1) is 0 Å². The summed E-state index contributed by atoms with van der Waals surface area (Å²) in [4.78, 5) is 0. The number of rotatable bonds is 6. The molecular weight excluding hydrogens is 193 g/mol. The minimum atomic E-state index is -0.149. The topological polar surface area (TPSA) is 21.3 Å². The molecule has 0 saturated carbocycles. The van der Waals surface area contributed by atoms with Crippen LogP contribution in [-0.2, 0) is 4.74 Å². The van der Waals surface area contributed by atoms with E-state index >= 15 is 0 Å². The highest BCUT2D eigenvalue weighted by molar-refractivity contribution is 5.20. The molecule has 1 N–H and O–H groups in total. The van der Waals surface area contributed by atoms with E-state index in [-0.39, 0.29) is 11.9 Å². The Hall–Kier alpha value is -0.930. The van der Waals surface area contributed by atoms with Gasteiger partial charge in [-0.2, -0.15) is 0 Å². The van der Waals surface area contributed by atoms with Crippen molar-refractivity contribution in [2.45, 2.75) is 19.4 Å². The van der Waals surface area contributed by atoms with Crippen LogP contribution >= 0.6 is 0 Å². The van der Waals surface area contributed by atoms with Gasteiger partial charge in [-0.25, -0.2) is 4.39 Å². The average Bonchev–Trinajstić information content (AvgIpc) is 2.25. The molecule has 0 radical (unpaired) electrons. The summed E-state index contributed by atoms with van der Waals surface area (Å²) in [6.07, 6.45) is 0.940. The van der Waals surface area contributed by atoms with E-state index in [1.54, 1.807) is 13.2 Å². The predicted molar refractivity (Wildman–Crippen MR) is 59.3 cm³/mol. The van der Waals surface area contributed by atoms with Crippen LogP contribution in [-0.4, -0.2) is 20.3 Å². The van der Waals surface area contributed by atoms with Crippen molar-refractivity contribution in [3.05, 3.63) is 35.6 Å². The van der Waals surface area contributed by atoms with Gasteiger partial charge in [-0.15, -0.1) is 0 Å². The van der Waals surface area contributed by atoms with Gasteiger partial charge in [-0.3, -0.25) is 0 Å². The lowest BCUT2D eigenvalue weighted by Crippen LogP contribution is -2.21. The van der Waals surface area contributed by atoms with Crippen LogP contribution in [0, 0.1) is 5.82 Å². The molecule has 15 heavy (non-hydrogen) atoms. The van der Waals surface area contributed by atoms with Crippen molar-refractivity contribution >= 4 is 0 Å². The Morgan fingerprint density at radius 1 is 1.40 bits per heavy atom. The summed E-state index contributed by atoms with van der Waals surface area (Å²) in [5.41, 5.74) is 0.718. The van der Waals surface area contributed by atoms with E-state index in [9.17, 15) is 4.39 Å². The van der Waals surface area contributed by atoms with Crippen LogP contribution in [0.25, 0.3) is 0 Å². The van der Waals surface area contributed by atoms with Crippen molar-refractivity contribution in [3.63, 3.8) is 0 Å². The van der Waals surface area contributed by atoms with E-state index in [1.807, 2.05) is 19.1 Å². The molecule has 0 aromatic heterocycles. The first kappa shape index (κ1) is 12.1. The van der Waals surface area contributed by atoms with Crippen LogP contribution in [0.15, 0.2) is 24.3 Å². The first-order valence-corrected chi connectivity index (χ1v) is 5.22. The number of halogens is 1. The third-order valence-electron chi connectivity index (χ3n) is 2.35. The number of hydrogen-bond donors (Lipinski definition) is 1. The van der Waals surface area contributed by atoms with E-state index in [0.29, 0.717) is 0 Å². The van der Waals surface area contributed by atoms with Crippen molar-refractivity contribution in [3.8, 4) is 0 Å². The smallest absolute Gasteiger partial charge is 0.127 e. The fourth-order valence-electron chi connectivity index (χ4n) is 1.47. The van der Waals surface area contributed by atoms with Crippen molar-refractivity contribution in [1.29, 1.82) is 0 Å². The third-order valence-corrected chi connectivity index (χ3v) is 2.35. The van der Waals surface area contributed by atoms with Gasteiger partial charge in [0.2, 0.25) is 0 Å². The largest absolute Gasteiger partial charge is 0.385 e. The summed E-state index contributed by atoms with van der Waals surface area (Å²) in [6.45, 7) is 3.53. The van der Waals surface area contributed by atoms with E-state index in [2.05, 4.69) is 5.32 Å². The molecule has 0 heterocycles. The minimum absolute atomic E-state index is 0.0445. The maximum absolute atomic E-state index is 13.4. The molecular formula is C12H18FNO. The Labute approximate surface area is 90.4 Å². The van der Waals surface area contributed by atoms with Gasteiger partial charge < -0.3 is 10.1 Å². The van der Waals surface area contributed by atoms with Gasteiger partial charge in [0.15, 0.2) is 0 Å². The van der Waals surface area contributed by atoms with Crippen LogP contribution in [0.2, 0.25) is 0 Å². The summed E-state index contributed by atoms with van der Waals surface area (Å²) < 4.78 is 18.3. The zero-order valence-corrected chi connectivity index (χ0v) is 9.29. The second-order valence-corrected chi connectivity index (χ2v) is 3.54. The molecule has 1 atom stereocenters. The highest BCUT2D eigenvalue weighted by Gasteiger charge is 2.08. The molecule has 1 rings (SSSR count). The average molecular weight is 211 g/mol. The lowest BCUT2D eigenvalue weighted by molar-refractivity contribution is 0.193. The first-order valence-electron chi connectivity index (χ1n) is 5.22. The summed E-state index contributed by atoms with van der Waals surface area (Å²) >= 11 is 0. The second kappa shape index (κ2) is 6.53. The van der Waals surface area contributed by atoms with Crippen LogP contribution in [0.1, 0.15) is 24.9 Å². The maximum Gasteiger partial charge on any atom is 0.127 e. The molecule has 0 aliphatic carbocycles. The Morgan fingerprint density at radius 2 is 2.13 bits per heavy atom. The van der Waals surface area contributed by atoms with Gasteiger partial charge in [0, 0.05) is 25.3 Å². The van der Waals surface area contributed by atoms with E-state index < -0.39 is 0 Å².